The van der Waals surface area contributed by atoms with Crippen LogP contribution in [0.1, 0.15) is 88.8 Å². The minimum Gasteiger partial charge on any atom is -0.396 e. The molecule has 0 spiro atoms. The predicted molar refractivity (Wildman–Crippen MR) is 118 cm³/mol. The van der Waals surface area contributed by atoms with Gasteiger partial charge in [-0.25, -0.2) is 0 Å². The van der Waals surface area contributed by atoms with E-state index in [1.165, 1.54) is 56.1 Å². The molecule has 0 aromatic heterocycles. The standard InChI is InChI=1S/C11H22O.C9H9N.C5H10/c1-2-3-5-10-6-4-7-11(8-10)9-12;1-7-3-4-9(6-10)5-8(7)2;1-3-5-4-2/h10-12H,2-9H2,1H3;3-5H,1-2H3;3,5H,4H2,1-2H3/b;;5-3+/t10-,11+;;/m0../s1. The van der Waals surface area contributed by atoms with Gasteiger partial charge in [0, 0.05) is 6.61 Å². The summed E-state index contributed by atoms with van der Waals surface area (Å²) in [6, 6.07) is 7.79. The Balaban J connectivity index is 0.000000408. The largest absolute Gasteiger partial charge is 0.396 e. The summed E-state index contributed by atoms with van der Waals surface area (Å²) in [5.41, 5.74) is 3.15. The van der Waals surface area contributed by atoms with Gasteiger partial charge in [0.05, 0.1) is 11.6 Å². The van der Waals surface area contributed by atoms with Gasteiger partial charge in [0.2, 0.25) is 0 Å². The van der Waals surface area contributed by atoms with Gasteiger partial charge in [0.15, 0.2) is 0 Å². The van der Waals surface area contributed by atoms with E-state index in [1.807, 2.05) is 39.0 Å². The lowest BCUT2D eigenvalue weighted by atomic mass is 9.79. The zero-order valence-corrected chi connectivity index (χ0v) is 18.3. The molecule has 27 heavy (non-hydrogen) atoms. The third-order valence-corrected chi connectivity index (χ3v) is 5.22. The highest BCUT2D eigenvalue weighted by atomic mass is 16.3. The fraction of sp³-hybridized carbons (Fsp3) is 0.640. The number of hydrogen-bond donors (Lipinski definition) is 1. The molecule has 0 unspecified atom stereocenters. The van der Waals surface area contributed by atoms with Crippen molar-refractivity contribution in [3.05, 3.63) is 47.0 Å². The van der Waals surface area contributed by atoms with Crippen LogP contribution in [0.4, 0.5) is 0 Å². The monoisotopic (exact) mass is 371 g/mol. The molecule has 0 saturated heterocycles. The van der Waals surface area contributed by atoms with Gasteiger partial charge in [-0.3, -0.25) is 0 Å². The number of allylic oxidation sites excluding steroid dienone is 2. The Morgan fingerprint density at radius 3 is 2.33 bits per heavy atom. The predicted octanol–water partition coefficient (Wildman–Crippen LogP) is 7.12. The van der Waals surface area contributed by atoms with Crippen LogP contribution in [0.2, 0.25) is 0 Å². The average molecular weight is 372 g/mol. The number of unbranched alkanes of at least 4 members (excludes halogenated alkanes) is 1. The number of aryl methyl sites for hydroxylation is 2. The van der Waals surface area contributed by atoms with Crippen molar-refractivity contribution in [3.8, 4) is 6.07 Å². The number of nitriles is 1. The van der Waals surface area contributed by atoms with Crippen molar-refractivity contribution in [2.45, 2.75) is 86.0 Å². The summed E-state index contributed by atoms with van der Waals surface area (Å²) >= 11 is 0. The van der Waals surface area contributed by atoms with E-state index < -0.39 is 0 Å². The van der Waals surface area contributed by atoms with E-state index in [0.29, 0.717) is 12.5 Å². The molecular formula is C25H41NO. The Bertz CT molecular complexity index is 556. The van der Waals surface area contributed by atoms with Gasteiger partial charge in [-0.1, -0.05) is 64.2 Å². The van der Waals surface area contributed by atoms with Gasteiger partial charge in [-0.2, -0.15) is 5.26 Å². The lowest BCUT2D eigenvalue weighted by Gasteiger charge is -2.27. The molecule has 0 radical (unpaired) electrons. The smallest absolute Gasteiger partial charge is 0.0991 e. The first-order valence-corrected chi connectivity index (χ1v) is 10.7. The summed E-state index contributed by atoms with van der Waals surface area (Å²) in [6.07, 6.45) is 14.7. The average Bonchev–Trinajstić information content (AvgIpc) is 2.70. The van der Waals surface area contributed by atoms with Gasteiger partial charge in [-0.15, -0.1) is 0 Å². The molecule has 2 atom stereocenters. The summed E-state index contributed by atoms with van der Waals surface area (Å²) in [5.74, 6) is 1.55. The molecule has 1 aliphatic rings. The molecule has 1 aliphatic carbocycles. The zero-order chi connectivity index (χ0) is 20.5. The van der Waals surface area contributed by atoms with Crippen LogP contribution >= 0.6 is 0 Å². The van der Waals surface area contributed by atoms with E-state index in [-0.39, 0.29) is 0 Å². The first-order valence-electron chi connectivity index (χ1n) is 10.7. The maximum Gasteiger partial charge on any atom is 0.0991 e. The normalized spacial score (nSPS) is 18.7. The van der Waals surface area contributed by atoms with Crippen LogP contribution in [-0.4, -0.2) is 11.7 Å². The minimum absolute atomic E-state index is 0.419. The quantitative estimate of drug-likeness (QED) is 0.560. The van der Waals surface area contributed by atoms with Crippen molar-refractivity contribution in [1.82, 2.24) is 0 Å². The fourth-order valence-electron chi connectivity index (χ4n) is 3.37. The van der Waals surface area contributed by atoms with Gasteiger partial charge in [0.25, 0.3) is 0 Å². The van der Waals surface area contributed by atoms with Crippen molar-refractivity contribution in [3.63, 3.8) is 0 Å². The molecule has 0 aliphatic heterocycles. The number of benzene rings is 1. The summed E-state index contributed by atoms with van der Waals surface area (Å²) in [5, 5.41) is 17.5. The SMILES string of the molecule is C/C=C/CC.CCCC[C@H]1CCC[C@@H](CO)C1.Cc1ccc(C#N)cc1C. The topological polar surface area (TPSA) is 44.0 Å². The molecule has 152 valence electrons. The van der Waals surface area contributed by atoms with E-state index >= 15 is 0 Å². The lowest BCUT2D eigenvalue weighted by Crippen LogP contribution is -2.18. The fourth-order valence-corrected chi connectivity index (χ4v) is 3.37. The number of rotatable bonds is 5. The second-order valence-electron chi connectivity index (χ2n) is 7.61. The van der Waals surface area contributed by atoms with Gasteiger partial charge >= 0.3 is 0 Å². The van der Waals surface area contributed by atoms with Crippen molar-refractivity contribution in [2.75, 3.05) is 6.61 Å². The Morgan fingerprint density at radius 1 is 1.15 bits per heavy atom. The van der Waals surface area contributed by atoms with Gasteiger partial charge < -0.3 is 5.11 Å². The molecule has 1 fully saturated rings. The maximum absolute atomic E-state index is 9.03. The second-order valence-corrected chi connectivity index (χ2v) is 7.61. The van der Waals surface area contributed by atoms with Crippen LogP contribution < -0.4 is 0 Å². The molecule has 1 aromatic rings. The zero-order valence-electron chi connectivity index (χ0n) is 18.3. The summed E-state index contributed by atoms with van der Waals surface area (Å²) < 4.78 is 0. The van der Waals surface area contributed by atoms with E-state index in [2.05, 4.69) is 32.1 Å². The van der Waals surface area contributed by atoms with E-state index in [4.69, 9.17) is 10.4 Å². The molecule has 1 saturated carbocycles. The molecule has 0 bridgehead atoms. The first kappa shape index (κ1) is 25.4. The van der Waals surface area contributed by atoms with Gasteiger partial charge in [0.1, 0.15) is 0 Å². The molecule has 2 nitrogen and oxygen atoms in total. The molecule has 1 N–H and O–H groups in total. The molecule has 2 heteroatoms. The number of hydrogen-bond acceptors (Lipinski definition) is 2. The molecule has 1 aromatic carbocycles. The van der Waals surface area contributed by atoms with Crippen LogP contribution in [-0.2, 0) is 0 Å². The van der Waals surface area contributed by atoms with Crippen LogP contribution in [0.15, 0.2) is 30.4 Å². The number of nitrogens with zero attached hydrogens (tertiary/aromatic N) is 1. The first-order chi connectivity index (χ1) is 13.0. The Morgan fingerprint density at radius 2 is 1.85 bits per heavy atom. The highest BCUT2D eigenvalue weighted by Gasteiger charge is 2.20. The molecule has 2 rings (SSSR count). The molecule has 0 amide bonds. The summed E-state index contributed by atoms with van der Waals surface area (Å²) in [7, 11) is 0. The number of aliphatic hydroxyl groups is 1. The Kier molecular flexibility index (Phi) is 15.6. The van der Waals surface area contributed by atoms with Crippen molar-refractivity contribution in [1.29, 1.82) is 5.26 Å². The summed E-state index contributed by atoms with van der Waals surface area (Å²) in [4.78, 5) is 0. The van der Waals surface area contributed by atoms with Crippen LogP contribution in [0.3, 0.4) is 0 Å². The van der Waals surface area contributed by atoms with Crippen LogP contribution in [0.25, 0.3) is 0 Å². The molecular weight excluding hydrogens is 330 g/mol. The van der Waals surface area contributed by atoms with Gasteiger partial charge in [-0.05, 0) is 75.1 Å². The highest BCUT2D eigenvalue weighted by Crippen LogP contribution is 2.31. The van der Waals surface area contributed by atoms with E-state index in [9.17, 15) is 0 Å². The highest BCUT2D eigenvalue weighted by molar-refractivity contribution is 5.36. The third kappa shape index (κ3) is 12.4. The Hall–Kier alpha value is -1.59. The van der Waals surface area contributed by atoms with Crippen molar-refractivity contribution < 1.29 is 5.11 Å². The number of aliphatic hydroxyl groups excluding tert-OH is 1. The van der Waals surface area contributed by atoms with E-state index in [1.54, 1.807) is 0 Å². The van der Waals surface area contributed by atoms with Crippen LogP contribution in [0.5, 0.6) is 0 Å². The maximum atomic E-state index is 9.03. The Labute approximate surface area is 168 Å². The van der Waals surface area contributed by atoms with E-state index in [0.717, 1.165) is 17.9 Å². The minimum atomic E-state index is 0.419. The van der Waals surface area contributed by atoms with Crippen molar-refractivity contribution >= 4 is 0 Å². The summed E-state index contributed by atoms with van der Waals surface area (Å²) in [6.45, 7) is 10.9. The third-order valence-electron chi connectivity index (χ3n) is 5.22. The lowest BCUT2D eigenvalue weighted by molar-refractivity contribution is 0.156. The molecule has 0 heterocycles. The van der Waals surface area contributed by atoms with Crippen molar-refractivity contribution in [2.24, 2.45) is 11.8 Å². The van der Waals surface area contributed by atoms with Crippen LogP contribution in [0, 0.1) is 37.0 Å². The second kappa shape index (κ2) is 16.6.